The molecule has 0 nitrogen and oxygen atoms in total. The Hall–Kier alpha value is -1.48. The van der Waals surface area contributed by atoms with Gasteiger partial charge in [-0.2, -0.15) is 5.56 Å². The minimum Gasteiger partial charge on any atom is -0.292 e. The van der Waals surface area contributed by atoms with Crippen LogP contribution >= 0.6 is 0 Å². The molecule has 0 bridgehead atoms. The normalized spacial score (nSPS) is 8.09. The first-order valence-corrected chi connectivity index (χ1v) is 3.44. The third kappa shape index (κ3) is 1.98. The van der Waals surface area contributed by atoms with Crippen LogP contribution in [-0.2, 0) is 0 Å². The Labute approximate surface area is 67.6 Å². The Kier molecular flexibility index (Phi) is 2.52. The molecule has 54 valence electrons. The van der Waals surface area contributed by atoms with Crippen molar-refractivity contribution in [2.75, 3.05) is 0 Å². The second-order valence-electron chi connectivity index (χ2n) is 2.16. The van der Waals surface area contributed by atoms with Gasteiger partial charge in [0.05, 0.1) is 0 Å². The van der Waals surface area contributed by atoms with Gasteiger partial charge in [-0.05, 0) is 6.92 Å². The standard InChI is InChI=1S/C11H9/c1-3-5-11-8-6-10(4-2)7-9-11/h2,4,6-9H,1H3/q-1. The third-order valence-electron chi connectivity index (χ3n) is 1.37. The lowest BCUT2D eigenvalue weighted by Gasteiger charge is -1.99. The van der Waals surface area contributed by atoms with Crippen LogP contribution in [0.3, 0.4) is 0 Å². The number of hydrogen-bond acceptors (Lipinski definition) is 0. The Balaban J connectivity index is 2.97. The monoisotopic (exact) mass is 141 g/mol. The molecular formula is C11H9-. The van der Waals surface area contributed by atoms with Crippen LogP contribution in [0.25, 0.3) is 6.08 Å². The van der Waals surface area contributed by atoms with Crippen LogP contribution in [-0.4, -0.2) is 0 Å². The minimum atomic E-state index is 1.02. The average Bonchev–Trinajstić information content (AvgIpc) is 2.07. The second-order valence-corrected chi connectivity index (χ2v) is 2.16. The van der Waals surface area contributed by atoms with E-state index >= 15 is 0 Å². The van der Waals surface area contributed by atoms with Crippen molar-refractivity contribution in [1.29, 1.82) is 0 Å². The summed E-state index contributed by atoms with van der Waals surface area (Å²) in [5.74, 6) is 5.78. The Bertz CT molecular complexity index is 293. The molecule has 0 aliphatic carbocycles. The van der Waals surface area contributed by atoms with E-state index in [2.05, 4.69) is 11.8 Å². The van der Waals surface area contributed by atoms with Gasteiger partial charge in [-0.25, -0.2) is 6.08 Å². The van der Waals surface area contributed by atoms with Crippen molar-refractivity contribution in [2.24, 2.45) is 0 Å². The fraction of sp³-hybridized carbons (Fsp3) is 0.0909. The van der Waals surface area contributed by atoms with Gasteiger partial charge in [0.1, 0.15) is 0 Å². The van der Waals surface area contributed by atoms with Crippen molar-refractivity contribution < 1.29 is 0 Å². The van der Waals surface area contributed by atoms with Gasteiger partial charge in [0.15, 0.2) is 0 Å². The van der Waals surface area contributed by atoms with Gasteiger partial charge >= 0.3 is 0 Å². The van der Waals surface area contributed by atoms with Gasteiger partial charge < -0.3 is 0 Å². The molecule has 1 aromatic rings. The second kappa shape index (κ2) is 3.63. The van der Waals surface area contributed by atoms with Gasteiger partial charge in [-0.1, -0.05) is 18.1 Å². The first-order chi connectivity index (χ1) is 5.36. The van der Waals surface area contributed by atoms with Gasteiger partial charge in [-0.15, -0.1) is 18.1 Å². The molecule has 0 saturated heterocycles. The van der Waals surface area contributed by atoms with Crippen LogP contribution in [0.1, 0.15) is 18.1 Å². The van der Waals surface area contributed by atoms with Crippen molar-refractivity contribution in [2.45, 2.75) is 6.92 Å². The quantitative estimate of drug-likeness (QED) is 0.416. The highest BCUT2D eigenvalue weighted by Crippen LogP contribution is 2.03. The maximum Gasteiger partial charge on any atom is 0.0215 e. The summed E-state index contributed by atoms with van der Waals surface area (Å²) < 4.78 is 0. The van der Waals surface area contributed by atoms with Gasteiger partial charge in [0.25, 0.3) is 0 Å². The van der Waals surface area contributed by atoms with Gasteiger partial charge in [0.2, 0.25) is 0 Å². The fourth-order valence-electron chi connectivity index (χ4n) is 0.822. The highest BCUT2D eigenvalue weighted by atomic mass is 13.9. The zero-order chi connectivity index (χ0) is 8.10. The molecule has 0 radical (unpaired) electrons. The fourth-order valence-corrected chi connectivity index (χ4v) is 0.822. The summed E-state index contributed by atoms with van der Waals surface area (Å²) in [6.45, 7) is 7.14. The predicted octanol–water partition coefficient (Wildman–Crippen LogP) is 2.50. The van der Waals surface area contributed by atoms with Crippen LogP contribution in [0.2, 0.25) is 0 Å². The van der Waals surface area contributed by atoms with Gasteiger partial charge in [0, 0.05) is 5.56 Å². The van der Waals surface area contributed by atoms with E-state index in [1.807, 2.05) is 31.2 Å². The summed E-state index contributed by atoms with van der Waals surface area (Å²) in [6, 6.07) is 7.80. The molecule has 0 atom stereocenters. The van der Waals surface area contributed by atoms with Crippen LogP contribution < -0.4 is 0 Å². The molecule has 0 aliphatic heterocycles. The maximum atomic E-state index is 5.31. The largest absolute Gasteiger partial charge is 0.292 e. The van der Waals surface area contributed by atoms with E-state index in [-0.39, 0.29) is 0 Å². The molecule has 11 heavy (non-hydrogen) atoms. The van der Waals surface area contributed by atoms with Crippen LogP contribution in [0, 0.1) is 18.4 Å². The molecule has 0 aromatic heterocycles. The highest BCUT2D eigenvalue weighted by molar-refractivity contribution is 5.48. The first-order valence-electron chi connectivity index (χ1n) is 3.44. The van der Waals surface area contributed by atoms with Gasteiger partial charge in [-0.3, -0.25) is 6.58 Å². The SMILES string of the molecule is [CH-]=Cc1ccc(C#CC)cc1. The topological polar surface area (TPSA) is 0 Å². The summed E-state index contributed by atoms with van der Waals surface area (Å²) in [6.07, 6.45) is 1.57. The van der Waals surface area contributed by atoms with E-state index < -0.39 is 0 Å². The summed E-state index contributed by atoms with van der Waals surface area (Å²) in [5, 5.41) is 0. The molecular weight excluding hydrogens is 132 g/mol. The smallest absolute Gasteiger partial charge is 0.0215 e. The van der Waals surface area contributed by atoms with Crippen molar-refractivity contribution in [3.8, 4) is 11.8 Å². The van der Waals surface area contributed by atoms with Crippen LogP contribution in [0.4, 0.5) is 0 Å². The predicted molar refractivity (Wildman–Crippen MR) is 47.8 cm³/mol. The molecule has 0 spiro atoms. The third-order valence-corrected chi connectivity index (χ3v) is 1.37. The van der Waals surface area contributed by atoms with E-state index in [0.717, 1.165) is 11.1 Å². The summed E-state index contributed by atoms with van der Waals surface area (Å²) in [5.41, 5.74) is 2.05. The first kappa shape index (κ1) is 7.63. The van der Waals surface area contributed by atoms with Crippen LogP contribution in [0.15, 0.2) is 24.3 Å². The number of rotatable bonds is 1. The number of hydrogen-bond donors (Lipinski definition) is 0. The van der Waals surface area contributed by atoms with E-state index in [1.165, 1.54) is 0 Å². The Morgan fingerprint density at radius 1 is 1.27 bits per heavy atom. The molecule has 0 aliphatic rings. The molecule has 0 unspecified atom stereocenters. The Morgan fingerprint density at radius 3 is 2.36 bits per heavy atom. The lowest BCUT2D eigenvalue weighted by molar-refractivity contribution is 1.61. The summed E-state index contributed by atoms with van der Waals surface area (Å²) in [7, 11) is 0. The van der Waals surface area contributed by atoms with Crippen molar-refractivity contribution in [3.05, 3.63) is 42.0 Å². The van der Waals surface area contributed by atoms with E-state index in [4.69, 9.17) is 6.58 Å². The van der Waals surface area contributed by atoms with Crippen molar-refractivity contribution in [1.82, 2.24) is 0 Å². The summed E-state index contributed by atoms with van der Waals surface area (Å²) >= 11 is 0. The molecule has 0 heteroatoms. The number of benzene rings is 1. The van der Waals surface area contributed by atoms with E-state index in [9.17, 15) is 0 Å². The Morgan fingerprint density at radius 2 is 1.91 bits per heavy atom. The lowest BCUT2D eigenvalue weighted by Crippen LogP contribution is -1.74. The van der Waals surface area contributed by atoms with E-state index in [0.29, 0.717) is 0 Å². The van der Waals surface area contributed by atoms with Crippen molar-refractivity contribution in [3.63, 3.8) is 0 Å². The molecule has 0 saturated carbocycles. The summed E-state index contributed by atoms with van der Waals surface area (Å²) in [4.78, 5) is 0. The maximum absolute atomic E-state index is 5.31. The molecule has 0 fully saturated rings. The lowest BCUT2D eigenvalue weighted by atomic mass is 10.1. The highest BCUT2D eigenvalue weighted by Gasteiger charge is 1.79. The molecule has 0 amide bonds. The van der Waals surface area contributed by atoms with E-state index in [1.54, 1.807) is 6.08 Å². The minimum absolute atomic E-state index is 1.02. The molecule has 1 rings (SSSR count). The van der Waals surface area contributed by atoms with Crippen molar-refractivity contribution >= 4 is 6.08 Å². The molecule has 0 N–H and O–H groups in total. The van der Waals surface area contributed by atoms with Crippen LogP contribution in [0.5, 0.6) is 0 Å². The average molecular weight is 141 g/mol. The molecule has 0 heterocycles. The zero-order valence-electron chi connectivity index (χ0n) is 6.46. The zero-order valence-corrected chi connectivity index (χ0v) is 6.46. The molecule has 1 aromatic carbocycles.